The molecule has 0 amide bonds. The van der Waals surface area contributed by atoms with Crippen molar-refractivity contribution in [1.29, 1.82) is 0 Å². The van der Waals surface area contributed by atoms with Crippen molar-refractivity contribution < 1.29 is 33.3 Å². The second kappa shape index (κ2) is 8.48. The first-order chi connectivity index (χ1) is 12.6. The van der Waals surface area contributed by atoms with Crippen molar-refractivity contribution >= 4 is 33.8 Å². The van der Waals surface area contributed by atoms with Crippen LogP contribution in [0.2, 0.25) is 0 Å². The number of hydrogen-bond acceptors (Lipinski definition) is 9. The van der Waals surface area contributed by atoms with Gasteiger partial charge in [-0.25, -0.2) is 4.79 Å². The lowest BCUT2D eigenvalue weighted by atomic mass is 10.1. The highest BCUT2D eigenvalue weighted by Gasteiger charge is 2.51. The summed E-state index contributed by atoms with van der Waals surface area (Å²) >= 11 is 3.00. The number of nitrogens with zero attached hydrogens (tertiary/aromatic N) is 1. The fourth-order valence-electron chi connectivity index (χ4n) is 2.57. The largest absolute Gasteiger partial charge is 0.463 e. The molecule has 1 saturated heterocycles. The Hall–Kier alpha value is -2.47. The maximum atomic E-state index is 12.2. The summed E-state index contributed by atoms with van der Waals surface area (Å²) in [5, 5.41) is 0. The highest BCUT2D eigenvalue weighted by Crippen LogP contribution is 2.33. The predicted octanol–water partition coefficient (Wildman–Crippen LogP) is -0.377. The van der Waals surface area contributed by atoms with Gasteiger partial charge in [-0.1, -0.05) is 0 Å². The van der Waals surface area contributed by atoms with Gasteiger partial charge >= 0.3 is 23.6 Å². The Labute approximate surface area is 160 Å². The zero-order valence-electron chi connectivity index (χ0n) is 14.6. The summed E-state index contributed by atoms with van der Waals surface area (Å²) in [6.07, 6.45) is -3.46. The van der Waals surface area contributed by atoms with E-state index in [9.17, 15) is 24.0 Å². The lowest BCUT2D eigenvalue weighted by Crippen LogP contribution is -2.42. The van der Waals surface area contributed by atoms with Crippen molar-refractivity contribution in [3.05, 3.63) is 31.5 Å². The van der Waals surface area contributed by atoms with Crippen molar-refractivity contribution in [2.75, 3.05) is 6.61 Å². The van der Waals surface area contributed by atoms with Crippen molar-refractivity contribution in [2.45, 2.75) is 45.3 Å². The quantitative estimate of drug-likeness (QED) is 0.470. The first-order valence-electron chi connectivity index (χ1n) is 7.74. The van der Waals surface area contributed by atoms with Gasteiger partial charge in [-0.05, 0) is 15.9 Å². The number of halogens is 1. The molecule has 1 aromatic heterocycles. The van der Waals surface area contributed by atoms with Crippen molar-refractivity contribution in [3.63, 3.8) is 0 Å². The molecule has 0 radical (unpaired) electrons. The number of esters is 3. The molecule has 1 N–H and O–H groups in total. The van der Waals surface area contributed by atoms with Crippen molar-refractivity contribution in [2.24, 2.45) is 0 Å². The zero-order valence-corrected chi connectivity index (χ0v) is 16.2. The molecular weight excluding hydrogens is 432 g/mol. The van der Waals surface area contributed by atoms with Gasteiger partial charge in [0, 0.05) is 27.0 Å². The Balaban J connectivity index is 2.47. The summed E-state index contributed by atoms with van der Waals surface area (Å²) in [5.74, 6) is -2.00. The molecule has 1 aliphatic rings. The fraction of sp³-hybridized carbons (Fsp3) is 0.533. The first kappa shape index (κ1) is 20.8. The maximum absolute atomic E-state index is 12.2. The summed E-state index contributed by atoms with van der Waals surface area (Å²) < 4.78 is 22.0. The van der Waals surface area contributed by atoms with Crippen LogP contribution in [0.3, 0.4) is 0 Å². The lowest BCUT2D eigenvalue weighted by molar-refractivity contribution is -0.166. The van der Waals surface area contributed by atoms with Gasteiger partial charge in [0.2, 0.25) is 0 Å². The Kier molecular flexibility index (Phi) is 6.54. The van der Waals surface area contributed by atoms with E-state index in [1.54, 1.807) is 0 Å². The molecule has 1 fully saturated rings. The van der Waals surface area contributed by atoms with Crippen LogP contribution < -0.4 is 11.2 Å². The van der Waals surface area contributed by atoms with Crippen LogP contribution in [-0.2, 0) is 33.3 Å². The number of carbonyl (C=O) groups is 3. The predicted molar refractivity (Wildman–Crippen MR) is 90.7 cm³/mol. The molecule has 12 heteroatoms. The molecule has 1 aliphatic heterocycles. The number of aromatic nitrogens is 2. The van der Waals surface area contributed by atoms with E-state index in [2.05, 4.69) is 20.9 Å². The van der Waals surface area contributed by atoms with Crippen LogP contribution in [0, 0.1) is 0 Å². The van der Waals surface area contributed by atoms with Gasteiger partial charge in [0.25, 0.3) is 5.56 Å². The molecule has 11 nitrogen and oxygen atoms in total. The zero-order chi connectivity index (χ0) is 20.3. The van der Waals surface area contributed by atoms with Gasteiger partial charge in [0.15, 0.2) is 18.4 Å². The second-order valence-electron chi connectivity index (χ2n) is 5.66. The van der Waals surface area contributed by atoms with E-state index >= 15 is 0 Å². The van der Waals surface area contributed by atoms with E-state index in [1.807, 2.05) is 0 Å². The smallest absolute Gasteiger partial charge is 0.330 e. The molecule has 2 heterocycles. The minimum Gasteiger partial charge on any atom is -0.463 e. The van der Waals surface area contributed by atoms with E-state index in [1.165, 1.54) is 6.92 Å². The third-order valence-electron chi connectivity index (χ3n) is 3.54. The standard InChI is InChI=1S/C15H17BrN2O9/c1-6(19)24-5-10-11(25-7(2)20)12(26-8(3)21)14(27-10)18-4-9(16)13(22)17-15(18)23/h4,10-12,14H,5H2,1-3H3,(H,17,22,23)/t10-,11+,12+,14+/m1/s1. The summed E-state index contributed by atoms with van der Waals surface area (Å²) in [6.45, 7) is 3.15. The van der Waals surface area contributed by atoms with Crippen LogP contribution in [0.5, 0.6) is 0 Å². The number of H-pyrrole nitrogens is 1. The fourth-order valence-corrected chi connectivity index (χ4v) is 2.89. The molecule has 0 bridgehead atoms. The van der Waals surface area contributed by atoms with Crippen LogP contribution in [-0.4, -0.2) is 52.4 Å². The number of carbonyl (C=O) groups excluding carboxylic acids is 3. The van der Waals surface area contributed by atoms with Gasteiger partial charge in [0.1, 0.15) is 12.7 Å². The molecule has 0 aromatic carbocycles. The summed E-state index contributed by atoms with van der Waals surface area (Å²) in [6, 6.07) is 0. The Bertz CT molecular complexity index is 862. The number of rotatable bonds is 5. The van der Waals surface area contributed by atoms with Crippen LogP contribution in [0.4, 0.5) is 0 Å². The SMILES string of the molecule is CC(=O)OC[C@H]1O[C@H](n2cc(Br)c(=O)[nH]c2=O)[C@@H](OC(C)=O)[C@H]1OC(C)=O. The molecule has 0 spiro atoms. The van der Waals surface area contributed by atoms with Gasteiger partial charge in [-0.3, -0.25) is 28.7 Å². The number of aromatic amines is 1. The number of ether oxygens (including phenoxy) is 4. The van der Waals surface area contributed by atoms with Gasteiger partial charge in [-0.2, -0.15) is 0 Å². The van der Waals surface area contributed by atoms with Crippen LogP contribution in [0.15, 0.2) is 20.3 Å². The molecule has 1 aromatic rings. The highest BCUT2D eigenvalue weighted by molar-refractivity contribution is 9.10. The van der Waals surface area contributed by atoms with Crippen molar-refractivity contribution in [3.8, 4) is 0 Å². The molecule has 2 rings (SSSR count). The average Bonchev–Trinajstić information content (AvgIpc) is 2.85. The first-order valence-corrected chi connectivity index (χ1v) is 8.53. The minimum atomic E-state index is -1.24. The second-order valence-corrected chi connectivity index (χ2v) is 6.51. The summed E-state index contributed by atoms with van der Waals surface area (Å²) in [7, 11) is 0. The Morgan fingerprint density at radius 3 is 2.26 bits per heavy atom. The third kappa shape index (κ3) is 5.04. The molecule has 27 heavy (non-hydrogen) atoms. The van der Waals surface area contributed by atoms with E-state index in [-0.39, 0.29) is 11.1 Å². The minimum absolute atomic E-state index is 0.0275. The van der Waals surface area contributed by atoms with Crippen molar-refractivity contribution in [1.82, 2.24) is 9.55 Å². The van der Waals surface area contributed by atoms with Gasteiger partial charge < -0.3 is 18.9 Å². The summed E-state index contributed by atoms with van der Waals surface area (Å²) in [5.41, 5.74) is -1.49. The monoisotopic (exact) mass is 448 g/mol. The normalized spacial score (nSPS) is 24.3. The number of nitrogens with one attached hydrogen (secondary N) is 1. The van der Waals surface area contributed by atoms with Crippen LogP contribution in [0.25, 0.3) is 0 Å². The Morgan fingerprint density at radius 2 is 1.70 bits per heavy atom. The van der Waals surface area contributed by atoms with E-state index < -0.39 is 53.7 Å². The van der Waals surface area contributed by atoms with Crippen LogP contribution >= 0.6 is 15.9 Å². The third-order valence-corrected chi connectivity index (χ3v) is 4.10. The van der Waals surface area contributed by atoms with Gasteiger partial charge in [0.05, 0.1) is 4.47 Å². The maximum Gasteiger partial charge on any atom is 0.330 e. The molecule has 4 atom stereocenters. The topological polar surface area (TPSA) is 143 Å². The van der Waals surface area contributed by atoms with E-state index in [4.69, 9.17) is 18.9 Å². The van der Waals surface area contributed by atoms with E-state index in [0.29, 0.717) is 0 Å². The average molecular weight is 449 g/mol. The van der Waals surface area contributed by atoms with E-state index in [0.717, 1.165) is 24.6 Å². The summed E-state index contributed by atoms with van der Waals surface area (Å²) in [4.78, 5) is 59.9. The number of hydrogen-bond donors (Lipinski definition) is 1. The molecule has 148 valence electrons. The van der Waals surface area contributed by atoms with Crippen LogP contribution in [0.1, 0.15) is 27.0 Å². The molecular formula is C15H17BrN2O9. The lowest BCUT2D eigenvalue weighted by Gasteiger charge is -2.23. The molecule has 0 unspecified atom stereocenters. The highest BCUT2D eigenvalue weighted by atomic mass is 79.9. The Morgan fingerprint density at radius 1 is 1.11 bits per heavy atom. The molecule has 0 saturated carbocycles. The molecule has 0 aliphatic carbocycles. The van der Waals surface area contributed by atoms with Gasteiger partial charge in [-0.15, -0.1) is 0 Å².